The van der Waals surface area contributed by atoms with E-state index >= 15 is 0 Å². The largest absolute Gasteiger partial charge is 0.331 e. The molecule has 0 bridgehead atoms. The minimum absolute atomic E-state index is 0.241. The molecule has 1 heterocycles. The summed E-state index contributed by atoms with van der Waals surface area (Å²) in [5.41, 5.74) is 0. The summed E-state index contributed by atoms with van der Waals surface area (Å²) in [7, 11) is 0. The van der Waals surface area contributed by atoms with Gasteiger partial charge in [0.15, 0.2) is 0 Å². The van der Waals surface area contributed by atoms with Gasteiger partial charge in [0.05, 0.1) is 0 Å². The summed E-state index contributed by atoms with van der Waals surface area (Å²) >= 11 is 17.3. The number of amides is 2. The highest BCUT2D eigenvalue weighted by Gasteiger charge is 2.31. The first-order valence-electron chi connectivity index (χ1n) is 3.09. The van der Waals surface area contributed by atoms with E-state index in [1.807, 2.05) is 0 Å². The number of carbonyl (C=O) groups excluding carboxylic acids is 1. The van der Waals surface area contributed by atoms with Gasteiger partial charge in [0, 0.05) is 13.1 Å². The Morgan fingerprint density at radius 3 is 1.67 bits per heavy atom. The van der Waals surface area contributed by atoms with Crippen LogP contribution in [0.2, 0.25) is 0 Å². The summed E-state index contributed by atoms with van der Waals surface area (Å²) in [5, 5.41) is 0. The average molecular weight is 238 g/mol. The molecule has 1 rings (SSSR count). The van der Waals surface area contributed by atoms with Crippen LogP contribution in [0.1, 0.15) is 0 Å². The Balaban J connectivity index is 2.74. The van der Waals surface area contributed by atoms with E-state index in [1.54, 1.807) is 0 Å². The third-order valence-electron chi connectivity index (χ3n) is 1.47. The van der Waals surface area contributed by atoms with Crippen molar-refractivity contribution in [2.24, 2.45) is 0 Å². The zero-order valence-electron chi connectivity index (χ0n) is 5.93. The fourth-order valence-corrected chi connectivity index (χ4v) is 1.60. The zero-order chi connectivity index (χ0) is 9.30. The second kappa shape index (κ2) is 3.91. The fourth-order valence-electron chi connectivity index (χ4n) is 0.892. The number of thiocarbonyl (C=S) groups is 2. The molecule has 0 spiro atoms. The maximum atomic E-state index is 11.4. The Bertz CT molecular complexity index is 230. The van der Waals surface area contributed by atoms with Crippen LogP contribution in [0.3, 0.4) is 0 Å². The highest BCUT2D eigenvalue weighted by molar-refractivity contribution is 8.11. The van der Waals surface area contributed by atoms with Gasteiger partial charge in [0.2, 0.25) is 0 Å². The predicted molar refractivity (Wildman–Crippen MR) is 62.0 cm³/mol. The molecule has 12 heavy (non-hydrogen) atoms. The summed E-state index contributed by atoms with van der Waals surface area (Å²) in [6.07, 6.45) is 0. The van der Waals surface area contributed by atoms with Crippen molar-refractivity contribution in [3.63, 3.8) is 0 Å². The molecule has 0 atom stereocenters. The summed E-state index contributed by atoms with van der Waals surface area (Å²) in [6.45, 7) is 1.06. The first-order chi connectivity index (χ1) is 5.54. The van der Waals surface area contributed by atoms with Crippen molar-refractivity contribution >= 4 is 64.4 Å². The third-order valence-corrected chi connectivity index (χ3v) is 2.39. The minimum Gasteiger partial charge on any atom is -0.277 e. The lowest BCUT2D eigenvalue weighted by atomic mass is 10.6. The van der Waals surface area contributed by atoms with Crippen LogP contribution < -0.4 is 0 Å². The smallest absolute Gasteiger partial charge is 0.277 e. The quantitative estimate of drug-likeness (QED) is 0.489. The average Bonchev–Trinajstić information content (AvgIpc) is 2.30. The molecule has 66 valence electrons. The highest BCUT2D eigenvalue weighted by atomic mass is 32.1. The molecular weight excluding hydrogens is 232 g/mol. The molecule has 0 aromatic heterocycles. The topological polar surface area (TPSA) is 23.6 Å². The monoisotopic (exact) mass is 238 g/mol. The second-order valence-corrected chi connectivity index (χ2v) is 4.38. The number of nitrogens with zero attached hydrogens (tertiary/aromatic N) is 2. The van der Waals surface area contributed by atoms with Crippen LogP contribution in [-0.4, -0.2) is 37.6 Å². The van der Waals surface area contributed by atoms with E-state index < -0.39 is 0 Å². The number of urea groups is 1. The molecule has 1 fully saturated rings. The van der Waals surface area contributed by atoms with Crippen molar-refractivity contribution in [3.8, 4) is 0 Å². The van der Waals surface area contributed by atoms with Crippen LogP contribution in [0.4, 0.5) is 4.79 Å². The van der Waals surface area contributed by atoms with Gasteiger partial charge in [-0.25, -0.2) is 4.79 Å². The fraction of sp³-hybridized carbons (Fsp3) is 0.400. The standard InChI is InChI=1S/C5H6N2OS4/c8-3-6(4(9)10)1-2-7(3)5(11)12/h1-2H2,(H,9,10)(H,11,12). The van der Waals surface area contributed by atoms with Gasteiger partial charge in [0.1, 0.15) is 8.64 Å². The van der Waals surface area contributed by atoms with Crippen LogP contribution >= 0.6 is 49.7 Å². The van der Waals surface area contributed by atoms with E-state index in [9.17, 15) is 4.79 Å². The Kier molecular flexibility index (Phi) is 3.33. The highest BCUT2D eigenvalue weighted by Crippen LogP contribution is 2.13. The molecule has 0 saturated carbocycles. The lowest BCUT2D eigenvalue weighted by Gasteiger charge is -2.14. The number of rotatable bonds is 0. The summed E-state index contributed by atoms with van der Waals surface area (Å²) < 4.78 is 0.541. The van der Waals surface area contributed by atoms with Crippen LogP contribution in [0.5, 0.6) is 0 Å². The van der Waals surface area contributed by atoms with E-state index in [-0.39, 0.29) is 14.7 Å². The molecule has 1 saturated heterocycles. The van der Waals surface area contributed by atoms with Gasteiger partial charge in [-0.3, -0.25) is 9.80 Å². The molecule has 0 aromatic rings. The molecule has 0 unspecified atom stereocenters. The van der Waals surface area contributed by atoms with Crippen molar-refractivity contribution in [2.75, 3.05) is 13.1 Å². The van der Waals surface area contributed by atoms with Gasteiger partial charge < -0.3 is 0 Å². The Labute approximate surface area is 91.9 Å². The van der Waals surface area contributed by atoms with Crippen molar-refractivity contribution in [3.05, 3.63) is 0 Å². The molecule has 2 amide bonds. The predicted octanol–water partition coefficient (Wildman–Crippen LogP) is 1.15. The van der Waals surface area contributed by atoms with E-state index in [2.05, 4.69) is 25.3 Å². The minimum atomic E-state index is -0.241. The Morgan fingerprint density at radius 2 is 1.50 bits per heavy atom. The molecule has 1 aliphatic rings. The van der Waals surface area contributed by atoms with Gasteiger partial charge in [0.25, 0.3) is 0 Å². The lowest BCUT2D eigenvalue weighted by Crippen LogP contribution is -2.34. The van der Waals surface area contributed by atoms with Crippen molar-refractivity contribution in [1.29, 1.82) is 0 Å². The van der Waals surface area contributed by atoms with E-state index in [0.29, 0.717) is 13.1 Å². The van der Waals surface area contributed by atoms with Crippen LogP contribution in [-0.2, 0) is 0 Å². The van der Waals surface area contributed by atoms with Crippen LogP contribution in [0.25, 0.3) is 0 Å². The summed E-state index contributed by atoms with van der Waals surface area (Å²) in [5.74, 6) is 0. The molecule has 1 aliphatic heterocycles. The van der Waals surface area contributed by atoms with E-state index in [1.165, 1.54) is 9.80 Å². The van der Waals surface area contributed by atoms with Crippen LogP contribution in [0.15, 0.2) is 0 Å². The summed E-state index contributed by atoms with van der Waals surface area (Å²) in [4.78, 5) is 14.1. The van der Waals surface area contributed by atoms with Gasteiger partial charge in [-0.1, -0.05) is 24.4 Å². The van der Waals surface area contributed by atoms with Gasteiger partial charge in [-0.05, 0) is 0 Å². The van der Waals surface area contributed by atoms with Gasteiger partial charge in [-0.15, -0.1) is 25.3 Å². The molecule has 0 aliphatic carbocycles. The third kappa shape index (κ3) is 1.90. The zero-order valence-corrected chi connectivity index (χ0v) is 9.35. The molecule has 0 aromatic carbocycles. The summed E-state index contributed by atoms with van der Waals surface area (Å²) in [6, 6.07) is -0.241. The Hall–Kier alpha value is 0.150. The normalized spacial score (nSPS) is 17.0. The van der Waals surface area contributed by atoms with Crippen molar-refractivity contribution < 1.29 is 4.79 Å². The number of carbonyl (C=O) groups is 1. The van der Waals surface area contributed by atoms with E-state index in [4.69, 9.17) is 24.4 Å². The molecule has 0 N–H and O–H groups in total. The van der Waals surface area contributed by atoms with Gasteiger partial charge in [-0.2, -0.15) is 0 Å². The van der Waals surface area contributed by atoms with Gasteiger partial charge >= 0.3 is 6.03 Å². The first-order valence-corrected chi connectivity index (χ1v) is 4.80. The number of hydrogen-bond donors (Lipinski definition) is 2. The number of thiol groups is 2. The molecule has 0 radical (unpaired) electrons. The molecule has 3 nitrogen and oxygen atoms in total. The van der Waals surface area contributed by atoms with E-state index in [0.717, 1.165) is 0 Å². The number of hydrogen-bond acceptors (Lipinski definition) is 3. The maximum absolute atomic E-state index is 11.4. The Morgan fingerprint density at radius 1 is 1.17 bits per heavy atom. The lowest BCUT2D eigenvalue weighted by molar-refractivity contribution is 0.222. The first kappa shape index (κ1) is 10.2. The SMILES string of the molecule is O=C1N(C(=S)S)CCN1C(=S)S. The molecule has 7 heteroatoms. The second-order valence-electron chi connectivity index (χ2n) is 2.15. The van der Waals surface area contributed by atoms with Crippen molar-refractivity contribution in [1.82, 2.24) is 9.80 Å². The maximum Gasteiger partial charge on any atom is 0.331 e. The molecular formula is C5H6N2OS4. The van der Waals surface area contributed by atoms with Crippen LogP contribution in [0, 0.1) is 0 Å². The van der Waals surface area contributed by atoms with Crippen molar-refractivity contribution in [2.45, 2.75) is 0 Å².